The summed E-state index contributed by atoms with van der Waals surface area (Å²) in [5.41, 5.74) is 1.25. The molecule has 0 aliphatic heterocycles. The summed E-state index contributed by atoms with van der Waals surface area (Å²) in [6.45, 7) is 0. The highest BCUT2D eigenvalue weighted by molar-refractivity contribution is 7.98. The second-order valence-electron chi connectivity index (χ2n) is 6.33. The molecule has 0 saturated carbocycles. The first-order valence-electron chi connectivity index (χ1n) is 8.63. The van der Waals surface area contributed by atoms with Gasteiger partial charge < -0.3 is 14.8 Å². The highest BCUT2D eigenvalue weighted by Gasteiger charge is 2.29. The normalized spacial score (nSPS) is 11.7. The van der Waals surface area contributed by atoms with Gasteiger partial charge in [0.05, 0.1) is 34.0 Å². The van der Waals surface area contributed by atoms with E-state index in [9.17, 15) is 18.0 Å². The van der Waals surface area contributed by atoms with Crippen LogP contribution in [0.2, 0.25) is 5.02 Å². The summed E-state index contributed by atoms with van der Waals surface area (Å²) in [5, 5.41) is 13.1. The van der Waals surface area contributed by atoms with E-state index >= 15 is 0 Å². The third-order valence-corrected chi connectivity index (χ3v) is 5.73. The molecule has 0 aliphatic rings. The number of nitrogens with one attached hydrogen (secondary N) is 1. The minimum atomic E-state index is -4.37. The zero-order valence-corrected chi connectivity index (χ0v) is 16.9. The van der Waals surface area contributed by atoms with Crippen LogP contribution >= 0.6 is 23.4 Å². The number of aromatic amines is 1. The summed E-state index contributed by atoms with van der Waals surface area (Å²) in [6, 6.07) is 8.40. The Hall–Kier alpha value is -3.18. The monoisotopic (exact) mass is 468 g/mol. The van der Waals surface area contributed by atoms with Gasteiger partial charge in [-0.05, 0) is 29.8 Å². The lowest BCUT2D eigenvalue weighted by Gasteiger charge is -2.08. The molecule has 0 amide bonds. The standard InChI is InChI=1S/C19H12ClF3N4O3S/c20-13-5-14-15(26-17(25-14)27-8-12(7-24-27)30-18(28)29)6-16(13)31-9-10-1-3-11(4-2-10)19(21,22)23/h1-8H,9H2,(H,25,26)(H,28,29). The number of fused-ring (bicyclic) bond motifs is 1. The van der Waals surface area contributed by atoms with Crippen molar-refractivity contribution in [3.63, 3.8) is 0 Å². The molecule has 0 saturated heterocycles. The first kappa shape index (κ1) is 21.1. The van der Waals surface area contributed by atoms with Gasteiger partial charge in [0.1, 0.15) is 0 Å². The lowest BCUT2D eigenvalue weighted by atomic mass is 10.1. The van der Waals surface area contributed by atoms with Gasteiger partial charge in [-0.25, -0.2) is 14.5 Å². The summed E-state index contributed by atoms with van der Waals surface area (Å²) < 4.78 is 43.9. The van der Waals surface area contributed by atoms with E-state index in [0.717, 1.165) is 17.7 Å². The Labute approximate surface area is 181 Å². The van der Waals surface area contributed by atoms with Crippen molar-refractivity contribution in [2.45, 2.75) is 16.8 Å². The number of benzene rings is 2. The number of alkyl halides is 3. The van der Waals surface area contributed by atoms with Crippen LogP contribution in [-0.2, 0) is 11.9 Å². The maximum atomic E-state index is 12.7. The van der Waals surface area contributed by atoms with E-state index in [1.165, 1.54) is 41.0 Å². The van der Waals surface area contributed by atoms with Crippen LogP contribution in [0.15, 0.2) is 53.7 Å². The maximum Gasteiger partial charge on any atom is 0.511 e. The number of nitrogens with zero attached hydrogens (tertiary/aromatic N) is 3. The van der Waals surface area contributed by atoms with Crippen molar-refractivity contribution >= 4 is 40.6 Å². The first-order valence-corrected chi connectivity index (χ1v) is 9.99. The molecule has 2 heterocycles. The second kappa shape index (κ2) is 8.16. The number of imidazole rings is 1. The number of carboxylic acid groups (broad SMARTS) is 1. The maximum absolute atomic E-state index is 12.7. The fourth-order valence-corrected chi connectivity index (χ4v) is 3.98. The number of thioether (sulfide) groups is 1. The molecule has 0 aliphatic carbocycles. The molecule has 4 rings (SSSR count). The van der Waals surface area contributed by atoms with E-state index in [2.05, 4.69) is 19.8 Å². The first-order chi connectivity index (χ1) is 14.7. The van der Waals surface area contributed by atoms with Gasteiger partial charge >= 0.3 is 12.3 Å². The van der Waals surface area contributed by atoms with Crippen molar-refractivity contribution in [1.29, 1.82) is 0 Å². The van der Waals surface area contributed by atoms with E-state index < -0.39 is 17.9 Å². The van der Waals surface area contributed by atoms with Crippen LogP contribution < -0.4 is 4.74 Å². The van der Waals surface area contributed by atoms with Crippen LogP contribution in [0.3, 0.4) is 0 Å². The topological polar surface area (TPSA) is 93.0 Å². The zero-order valence-electron chi connectivity index (χ0n) is 15.4. The number of hydrogen-bond acceptors (Lipinski definition) is 5. The molecule has 160 valence electrons. The van der Waals surface area contributed by atoms with Crippen LogP contribution in [-0.4, -0.2) is 31.0 Å². The molecule has 12 heteroatoms. The Bertz CT molecular complexity index is 1250. The van der Waals surface area contributed by atoms with Gasteiger partial charge in [0.2, 0.25) is 5.95 Å². The molecule has 0 atom stereocenters. The summed E-state index contributed by atoms with van der Waals surface area (Å²) in [4.78, 5) is 18.8. The van der Waals surface area contributed by atoms with Gasteiger partial charge in [-0.3, -0.25) is 0 Å². The number of hydrogen-bond donors (Lipinski definition) is 2. The molecule has 2 N–H and O–H groups in total. The van der Waals surface area contributed by atoms with Gasteiger partial charge in [0, 0.05) is 10.6 Å². The molecule has 0 radical (unpaired) electrons. The van der Waals surface area contributed by atoms with Gasteiger partial charge in [0.15, 0.2) is 5.75 Å². The lowest BCUT2D eigenvalue weighted by molar-refractivity contribution is -0.137. The number of ether oxygens (including phenoxy) is 1. The van der Waals surface area contributed by atoms with E-state index in [4.69, 9.17) is 16.7 Å². The predicted molar refractivity (Wildman–Crippen MR) is 108 cm³/mol. The fraction of sp³-hybridized carbons (Fsp3) is 0.105. The highest BCUT2D eigenvalue weighted by atomic mass is 35.5. The van der Waals surface area contributed by atoms with Crippen LogP contribution in [0, 0.1) is 0 Å². The molecular weight excluding hydrogens is 457 g/mol. The number of halogens is 4. The lowest BCUT2D eigenvalue weighted by Crippen LogP contribution is -2.04. The van der Waals surface area contributed by atoms with Gasteiger partial charge in [-0.1, -0.05) is 23.7 Å². The molecule has 0 unspecified atom stereocenters. The molecule has 2 aromatic carbocycles. The Morgan fingerprint density at radius 3 is 2.68 bits per heavy atom. The Morgan fingerprint density at radius 1 is 1.26 bits per heavy atom. The van der Waals surface area contributed by atoms with Crippen molar-refractivity contribution in [1.82, 2.24) is 19.7 Å². The van der Waals surface area contributed by atoms with Crippen LogP contribution in [0.4, 0.5) is 18.0 Å². The quantitative estimate of drug-likeness (QED) is 0.285. The molecular formula is C19H12ClF3N4O3S. The summed E-state index contributed by atoms with van der Waals surface area (Å²) >= 11 is 7.72. The molecule has 0 bridgehead atoms. The largest absolute Gasteiger partial charge is 0.511 e. The van der Waals surface area contributed by atoms with Crippen molar-refractivity contribution in [2.24, 2.45) is 0 Å². The van der Waals surface area contributed by atoms with Crippen molar-refractivity contribution < 1.29 is 27.8 Å². The average molecular weight is 469 g/mol. The molecule has 7 nitrogen and oxygen atoms in total. The van der Waals surface area contributed by atoms with E-state index in [0.29, 0.717) is 32.7 Å². The molecule has 0 spiro atoms. The van der Waals surface area contributed by atoms with E-state index in [-0.39, 0.29) is 5.75 Å². The molecule has 2 aromatic heterocycles. The number of rotatable bonds is 5. The molecule has 4 aromatic rings. The number of aromatic nitrogens is 4. The predicted octanol–water partition coefficient (Wildman–Crippen LogP) is 5.77. The van der Waals surface area contributed by atoms with E-state index in [1.807, 2.05) is 0 Å². The number of H-pyrrole nitrogens is 1. The summed E-state index contributed by atoms with van der Waals surface area (Å²) in [5.74, 6) is 0.797. The fourth-order valence-electron chi connectivity index (χ4n) is 2.74. The molecule has 31 heavy (non-hydrogen) atoms. The van der Waals surface area contributed by atoms with Crippen molar-refractivity contribution in [3.8, 4) is 11.7 Å². The zero-order chi connectivity index (χ0) is 22.2. The van der Waals surface area contributed by atoms with Crippen LogP contribution in [0.5, 0.6) is 5.75 Å². The van der Waals surface area contributed by atoms with Gasteiger partial charge in [0.25, 0.3) is 0 Å². The third kappa shape index (κ3) is 4.78. The minimum Gasteiger partial charge on any atom is -0.449 e. The summed E-state index contributed by atoms with van der Waals surface area (Å²) in [6.07, 6.45) is -3.23. The van der Waals surface area contributed by atoms with Crippen molar-refractivity contribution in [2.75, 3.05) is 0 Å². The highest BCUT2D eigenvalue weighted by Crippen LogP contribution is 2.34. The second-order valence-corrected chi connectivity index (χ2v) is 7.76. The Morgan fingerprint density at radius 2 is 2.00 bits per heavy atom. The van der Waals surface area contributed by atoms with Gasteiger partial charge in [-0.2, -0.15) is 18.3 Å². The third-order valence-electron chi connectivity index (χ3n) is 4.18. The smallest absolute Gasteiger partial charge is 0.449 e. The van der Waals surface area contributed by atoms with Crippen LogP contribution in [0.25, 0.3) is 17.0 Å². The average Bonchev–Trinajstić information content (AvgIpc) is 3.31. The Balaban J connectivity index is 1.52. The minimum absolute atomic E-state index is 0.0405. The van der Waals surface area contributed by atoms with Gasteiger partial charge in [-0.15, -0.1) is 11.8 Å². The SMILES string of the molecule is O=C(O)Oc1cnn(-c2nc3cc(SCc4ccc(C(F)(F)F)cc4)c(Cl)cc3[nH]2)c1. The van der Waals surface area contributed by atoms with Crippen molar-refractivity contribution in [3.05, 3.63) is 64.9 Å². The number of carbonyl (C=O) groups is 1. The van der Waals surface area contributed by atoms with E-state index in [1.54, 1.807) is 12.1 Å². The van der Waals surface area contributed by atoms with Crippen LogP contribution in [0.1, 0.15) is 11.1 Å². The molecule has 0 fully saturated rings. The Kier molecular flexibility index (Phi) is 5.54. The summed E-state index contributed by atoms with van der Waals surface area (Å²) in [7, 11) is 0.